The van der Waals surface area contributed by atoms with Crippen molar-refractivity contribution in [3.05, 3.63) is 51.9 Å². The standard InChI is InChI=1S/C20H26N8O2/c1-11-7-12(2)22-20(21-11)28-16(6)17(15(5)26-28)9-18(29)23-24-19(30)10-27-14(4)8-13(3)25-27/h7-8H,9-10H2,1-6H3,(H,23,29)(H,24,30). The molecular formula is C20H26N8O2. The van der Waals surface area contributed by atoms with Crippen LogP contribution >= 0.6 is 0 Å². The van der Waals surface area contributed by atoms with E-state index in [1.165, 1.54) is 0 Å². The summed E-state index contributed by atoms with van der Waals surface area (Å²) in [5.74, 6) is -0.232. The highest BCUT2D eigenvalue weighted by molar-refractivity contribution is 5.83. The van der Waals surface area contributed by atoms with E-state index in [2.05, 4.69) is 31.0 Å². The van der Waals surface area contributed by atoms with Crippen molar-refractivity contribution < 1.29 is 9.59 Å². The number of hydrogen-bond donors (Lipinski definition) is 2. The minimum absolute atomic E-state index is 0.0278. The zero-order chi connectivity index (χ0) is 22.0. The van der Waals surface area contributed by atoms with E-state index in [-0.39, 0.29) is 24.8 Å². The lowest BCUT2D eigenvalue weighted by Gasteiger charge is -2.09. The predicted molar refractivity (Wildman–Crippen MR) is 110 cm³/mol. The van der Waals surface area contributed by atoms with Crippen molar-refractivity contribution in [3.8, 4) is 5.95 Å². The molecule has 0 spiro atoms. The molecule has 0 atom stereocenters. The smallest absolute Gasteiger partial charge is 0.260 e. The van der Waals surface area contributed by atoms with Crippen LogP contribution in [0.1, 0.15) is 39.7 Å². The third-order valence-corrected chi connectivity index (χ3v) is 4.68. The highest BCUT2D eigenvalue weighted by Gasteiger charge is 2.18. The Morgan fingerprint density at radius 3 is 2.10 bits per heavy atom. The van der Waals surface area contributed by atoms with Gasteiger partial charge in [0, 0.05) is 28.3 Å². The van der Waals surface area contributed by atoms with Gasteiger partial charge in [0.25, 0.3) is 11.9 Å². The number of nitrogens with one attached hydrogen (secondary N) is 2. The van der Waals surface area contributed by atoms with Crippen LogP contribution < -0.4 is 10.9 Å². The molecule has 3 heterocycles. The largest absolute Gasteiger partial charge is 0.273 e. The Kier molecular flexibility index (Phi) is 5.95. The Morgan fingerprint density at radius 1 is 0.867 bits per heavy atom. The number of carbonyl (C=O) groups excluding carboxylic acids is 2. The van der Waals surface area contributed by atoms with E-state index < -0.39 is 0 Å². The van der Waals surface area contributed by atoms with Crippen LogP contribution in [0.4, 0.5) is 0 Å². The number of nitrogens with zero attached hydrogens (tertiary/aromatic N) is 6. The quantitative estimate of drug-likeness (QED) is 0.608. The van der Waals surface area contributed by atoms with Gasteiger partial charge in [-0.05, 0) is 53.7 Å². The molecule has 0 aromatic carbocycles. The first-order valence-electron chi connectivity index (χ1n) is 9.60. The van der Waals surface area contributed by atoms with E-state index in [0.29, 0.717) is 11.6 Å². The van der Waals surface area contributed by atoms with E-state index >= 15 is 0 Å². The van der Waals surface area contributed by atoms with Crippen molar-refractivity contribution in [3.63, 3.8) is 0 Å². The van der Waals surface area contributed by atoms with Gasteiger partial charge in [0.2, 0.25) is 5.91 Å². The van der Waals surface area contributed by atoms with Crippen LogP contribution in [-0.2, 0) is 22.6 Å². The number of hydrogen-bond acceptors (Lipinski definition) is 6. The van der Waals surface area contributed by atoms with Gasteiger partial charge in [0.1, 0.15) is 6.54 Å². The second-order valence-corrected chi connectivity index (χ2v) is 7.37. The molecule has 0 unspecified atom stereocenters. The fourth-order valence-corrected chi connectivity index (χ4v) is 3.28. The lowest BCUT2D eigenvalue weighted by atomic mass is 10.1. The summed E-state index contributed by atoms with van der Waals surface area (Å²) in [6, 6.07) is 3.77. The monoisotopic (exact) mass is 410 g/mol. The molecule has 10 nitrogen and oxygen atoms in total. The van der Waals surface area contributed by atoms with E-state index in [9.17, 15) is 9.59 Å². The van der Waals surface area contributed by atoms with Gasteiger partial charge in [-0.1, -0.05) is 0 Å². The summed E-state index contributed by atoms with van der Waals surface area (Å²) in [6.07, 6.45) is 0.0721. The summed E-state index contributed by atoms with van der Waals surface area (Å²) in [5.41, 5.74) is 10.5. The van der Waals surface area contributed by atoms with Crippen LogP contribution in [0.25, 0.3) is 5.95 Å². The first-order valence-corrected chi connectivity index (χ1v) is 9.60. The summed E-state index contributed by atoms with van der Waals surface area (Å²) < 4.78 is 3.22. The SMILES string of the molecule is Cc1cc(C)nc(-n2nc(C)c(CC(=O)NNC(=O)Cn3nc(C)cc3C)c2C)n1. The molecule has 30 heavy (non-hydrogen) atoms. The van der Waals surface area contributed by atoms with Gasteiger partial charge < -0.3 is 0 Å². The molecule has 0 radical (unpaired) electrons. The van der Waals surface area contributed by atoms with E-state index in [4.69, 9.17) is 0 Å². The van der Waals surface area contributed by atoms with Crippen molar-refractivity contribution in [2.75, 3.05) is 0 Å². The maximum atomic E-state index is 12.4. The molecule has 0 saturated carbocycles. The van der Waals surface area contributed by atoms with Crippen molar-refractivity contribution >= 4 is 11.8 Å². The topological polar surface area (TPSA) is 120 Å². The number of carbonyl (C=O) groups is 2. The fraction of sp³-hybridized carbons (Fsp3) is 0.400. The first-order chi connectivity index (χ1) is 14.1. The number of amides is 2. The minimum Gasteiger partial charge on any atom is -0.273 e. The highest BCUT2D eigenvalue weighted by atomic mass is 16.2. The summed E-state index contributed by atoms with van der Waals surface area (Å²) in [7, 11) is 0. The lowest BCUT2D eigenvalue weighted by molar-refractivity contribution is -0.129. The van der Waals surface area contributed by atoms with Gasteiger partial charge >= 0.3 is 0 Å². The second kappa shape index (κ2) is 8.44. The van der Waals surface area contributed by atoms with Crippen molar-refractivity contribution in [2.45, 2.75) is 54.5 Å². The first kappa shape index (κ1) is 21.2. The number of aryl methyl sites for hydroxylation is 5. The third kappa shape index (κ3) is 4.70. The molecule has 10 heteroatoms. The molecule has 3 rings (SSSR count). The van der Waals surface area contributed by atoms with Gasteiger partial charge in [0.15, 0.2) is 0 Å². The van der Waals surface area contributed by atoms with Crippen LogP contribution in [0.5, 0.6) is 0 Å². The van der Waals surface area contributed by atoms with Crippen molar-refractivity contribution in [2.24, 2.45) is 0 Å². The molecule has 2 amide bonds. The van der Waals surface area contributed by atoms with Crippen molar-refractivity contribution in [1.82, 2.24) is 40.4 Å². The zero-order valence-corrected chi connectivity index (χ0v) is 18.1. The predicted octanol–water partition coefficient (Wildman–Crippen LogP) is 1.10. The third-order valence-electron chi connectivity index (χ3n) is 4.68. The Labute approximate surface area is 174 Å². The molecule has 0 aliphatic heterocycles. The van der Waals surface area contributed by atoms with Crippen molar-refractivity contribution in [1.29, 1.82) is 0 Å². The van der Waals surface area contributed by atoms with Gasteiger partial charge in [-0.15, -0.1) is 0 Å². The molecule has 3 aromatic rings. The van der Waals surface area contributed by atoms with E-state index in [1.807, 2.05) is 53.7 Å². The fourth-order valence-electron chi connectivity index (χ4n) is 3.28. The summed E-state index contributed by atoms with van der Waals surface area (Å²) >= 11 is 0. The average Bonchev–Trinajstić information content (AvgIpc) is 3.11. The summed E-state index contributed by atoms with van der Waals surface area (Å²) in [4.78, 5) is 33.3. The minimum atomic E-state index is -0.359. The number of rotatable bonds is 5. The molecule has 0 aliphatic rings. The average molecular weight is 410 g/mol. The summed E-state index contributed by atoms with van der Waals surface area (Å²) in [6.45, 7) is 11.2. The molecule has 158 valence electrons. The van der Waals surface area contributed by atoms with E-state index in [1.54, 1.807) is 9.36 Å². The summed E-state index contributed by atoms with van der Waals surface area (Å²) in [5, 5.41) is 8.72. The lowest BCUT2D eigenvalue weighted by Crippen LogP contribution is -2.44. The van der Waals surface area contributed by atoms with Crippen LogP contribution in [0.2, 0.25) is 0 Å². The molecule has 0 aliphatic carbocycles. The van der Waals surface area contributed by atoms with Crippen LogP contribution in [0, 0.1) is 41.5 Å². The van der Waals surface area contributed by atoms with Crippen LogP contribution in [0.3, 0.4) is 0 Å². The number of hydrazine groups is 1. The van der Waals surface area contributed by atoms with Gasteiger partial charge in [-0.2, -0.15) is 10.2 Å². The normalized spacial score (nSPS) is 10.9. The van der Waals surface area contributed by atoms with Gasteiger partial charge in [-0.3, -0.25) is 25.1 Å². The second-order valence-electron chi connectivity index (χ2n) is 7.37. The maximum Gasteiger partial charge on any atom is 0.260 e. The maximum absolute atomic E-state index is 12.4. The highest BCUT2D eigenvalue weighted by Crippen LogP contribution is 2.17. The molecule has 0 saturated heterocycles. The molecule has 0 fully saturated rings. The molecule has 3 aromatic heterocycles. The molecule has 2 N–H and O–H groups in total. The van der Waals surface area contributed by atoms with Gasteiger partial charge in [0.05, 0.1) is 17.8 Å². The Morgan fingerprint density at radius 2 is 1.50 bits per heavy atom. The Hall–Kier alpha value is -3.56. The van der Waals surface area contributed by atoms with Gasteiger partial charge in [-0.25, -0.2) is 14.6 Å². The Bertz CT molecular complexity index is 1090. The molecular weight excluding hydrogens is 384 g/mol. The Balaban J connectivity index is 1.64. The molecule has 0 bridgehead atoms. The van der Waals surface area contributed by atoms with Crippen LogP contribution in [-0.4, -0.2) is 41.3 Å². The van der Waals surface area contributed by atoms with E-state index in [0.717, 1.165) is 34.0 Å². The zero-order valence-electron chi connectivity index (χ0n) is 18.1. The number of aromatic nitrogens is 6. The van der Waals surface area contributed by atoms with Crippen LogP contribution in [0.15, 0.2) is 12.1 Å².